The van der Waals surface area contributed by atoms with E-state index in [0.717, 1.165) is 79.7 Å². The van der Waals surface area contributed by atoms with Gasteiger partial charge in [0, 0.05) is 47.8 Å². The number of amides is 2. The number of piperidine rings is 1. The minimum Gasteiger partial charge on any atom is -0.378 e. The number of nitrogens with zero attached hydrogens (tertiary/aromatic N) is 2. The maximum absolute atomic E-state index is 13.1. The third-order valence-electron chi connectivity index (χ3n) is 8.53. The summed E-state index contributed by atoms with van der Waals surface area (Å²) < 4.78 is 5.44. The molecule has 0 atom stereocenters. The summed E-state index contributed by atoms with van der Waals surface area (Å²) in [5, 5.41) is 6.04. The molecule has 2 aliphatic heterocycles. The molecule has 0 aliphatic carbocycles. The number of hydrogen-bond donors (Lipinski definition) is 2. The fraction of sp³-hybridized carbons (Fsp3) is 0.297. The fourth-order valence-corrected chi connectivity index (χ4v) is 5.93. The number of carbonyl (C=O) groups excluding carboxylic acids is 2. The summed E-state index contributed by atoms with van der Waals surface area (Å²) in [7, 11) is 0. The number of aryl methyl sites for hydroxylation is 1. The van der Waals surface area contributed by atoms with Crippen molar-refractivity contribution in [1.29, 1.82) is 0 Å². The summed E-state index contributed by atoms with van der Waals surface area (Å²) in [6, 6.07) is 29.3. The molecule has 0 aromatic heterocycles. The molecular formula is C37H40N4O3. The SMILES string of the molecule is Cc1ccc(C(=O)Nc2ccc(N3CCOCC3)cc2)cc1-c1ccc(C(=O)Nc2ccc(CN3CCCCC3)cc2)cc1. The molecule has 6 rings (SSSR count). The van der Waals surface area contributed by atoms with E-state index in [2.05, 4.69) is 32.6 Å². The van der Waals surface area contributed by atoms with Gasteiger partial charge in [0.15, 0.2) is 0 Å². The lowest BCUT2D eigenvalue weighted by Crippen LogP contribution is -2.36. The second-order valence-electron chi connectivity index (χ2n) is 11.7. The zero-order valence-electron chi connectivity index (χ0n) is 25.4. The molecule has 44 heavy (non-hydrogen) atoms. The molecule has 7 heteroatoms. The van der Waals surface area contributed by atoms with E-state index in [0.29, 0.717) is 11.1 Å². The first-order valence-corrected chi connectivity index (χ1v) is 15.6. The number of carbonyl (C=O) groups is 2. The predicted molar refractivity (Wildman–Crippen MR) is 178 cm³/mol. The summed E-state index contributed by atoms with van der Waals surface area (Å²) in [5.41, 5.74) is 8.05. The van der Waals surface area contributed by atoms with Crippen molar-refractivity contribution in [1.82, 2.24) is 4.90 Å². The van der Waals surface area contributed by atoms with E-state index >= 15 is 0 Å². The van der Waals surface area contributed by atoms with E-state index in [1.165, 1.54) is 24.8 Å². The maximum Gasteiger partial charge on any atom is 0.255 e. The normalized spacial score (nSPS) is 15.5. The minimum absolute atomic E-state index is 0.148. The third kappa shape index (κ3) is 7.36. The standard InChI is InChI=1S/C37H40N4O3/c1-27-5-8-31(37(43)39-33-15-17-34(18-16-33)41-21-23-44-24-22-41)25-35(27)29-9-11-30(12-10-29)36(42)38-32-13-6-28(7-14-32)26-40-19-3-2-4-20-40/h5-18,25H,2-4,19-24,26H2,1H3,(H,38,42)(H,39,43). The Morgan fingerprint density at radius 3 is 1.93 bits per heavy atom. The molecule has 2 fully saturated rings. The average molecular weight is 589 g/mol. The van der Waals surface area contributed by atoms with Crippen LogP contribution in [0, 0.1) is 6.92 Å². The quantitative estimate of drug-likeness (QED) is 0.232. The molecule has 0 spiro atoms. The Labute approximate surface area is 259 Å². The van der Waals surface area contributed by atoms with Gasteiger partial charge in [-0.1, -0.05) is 36.8 Å². The second kappa shape index (κ2) is 13.9. The van der Waals surface area contributed by atoms with Gasteiger partial charge in [0.1, 0.15) is 0 Å². The van der Waals surface area contributed by atoms with Crippen LogP contribution in [-0.4, -0.2) is 56.1 Å². The number of likely N-dealkylation sites (tertiary alicyclic amines) is 1. The predicted octanol–water partition coefficient (Wildman–Crippen LogP) is 6.99. The monoisotopic (exact) mass is 588 g/mol. The number of nitrogens with one attached hydrogen (secondary N) is 2. The molecule has 7 nitrogen and oxygen atoms in total. The number of hydrogen-bond acceptors (Lipinski definition) is 5. The Bertz CT molecular complexity index is 1570. The Morgan fingerprint density at radius 1 is 0.682 bits per heavy atom. The highest BCUT2D eigenvalue weighted by atomic mass is 16.5. The number of benzene rings is 4. The van der Waals surface area contributed by atoms with Crippen molar-refractivity contribution in [3.05, 3.63) is 113 Å². The van der Waals surface area contributed by atoms with Gasteiger partial charge in [-0.05, 0) is 116 Å². The number of morpholine rings is 1. The highest BCUT2D eigenvalue weighted by Gasteiger charge is 2.14. The Balaban J connectivity index is 1.07. The summed E-state index contributed by atoms with van der Waals surface area (Å²) in [4.78, 5) is 30.9. The van der Waals surface area contributed by atoms with Crippen LogP contribution in [0.2, 0.25) is 0 Å². The van der Waals surface area contributed by atoms with Crippen molar-refractivity contribution in [3.63, 3.8) is 0 Å². The van der Waals surface area contributed by atoms with Crippen molar-refractivity contribution < 1.29 is 14.3 Å². The molecule has 4 aromatic rings. The first-order valence-electron chi connectivity index (χ1n) is 15.6. The lowest BCUT2D eigenvalue weighted by atomic mass is 9.97. The number of anilines is 3. The van der Waals surface area contributed by atoms with Crippen molar-refractivity contribution in [2.45, 2.75) is 32.7 Å². The summed E-state index contributed by atoms with van der Waals surface area (Å²) in [6.07, 6.45) is 3.88. The highest BCUT2D eigenvalue weighted by molar-refractivity contribution is 6.06. The van der Waals surface area contributed by atoms with E-state index in [1.807, 2.05) is 85.8 Å². The van der Waals surface area contributed by atoms with E-state index in [1.54, 1.807) is 0 Å². The number of rotatable bonds is 8. The van der Waals surface area contributed by atoms with Crippen LogP contribution in [-0.2, 0) is 11.3 Å². The average Bonchev–Trinajstić information content (AvgIpc) is 3.07. The van der Waals surface area contributed by atoms with Crippen molar-refractivity contribution in [2.75, 3.05) is 54.9 Å². The Kier molecular flexibility index (Phi) is 9.34. The van der Waals surface area contributed by atoms with Gasteiger partial charge in [0.05, 0.1) is 13.2 Å². The molecule has 0 saturated carbocycles. The van der Waals surface area contributed by atoms with Crippen LogP contribution in [0.5, 0.6) is 0 Å². The van der Waals surface area contributed by atoms with Crippen LogP contribution >= 0.6 is 0 Å². The van der Waals surface area contributed by atoms with Crippen LogP contribution < -0.4 is 15.5 Å². The van der Waals surface area contributed by atoms with Crippen molar-refractivity contribution in [2.24, 2.45) is 0 Å². The van der Waals surface area contributed by atoms with E-state index in [4.69, 9.17) is 4.74 Å². The van der Waals surface area contributed by atoms with E-state index < -0.39 is 0 Å². The molecule has 226 valence electrons. The molecule has 2 aliphatic rings. The fourth-order valence-electron chi connectivity index (χ4n) is 5.93. The minimum atomic E-state index is -0.164. The largest absolute Gasteiger partial charge is 0.378 e. The third-order valence-corrected chi connectivity index (χ3v) is 8.53. The molecule has 0 radical (unpaired) electrons. The topological polar surface area (TPSA) is 73.9 Å². The lowest BCUT2D eigenvalue weighted by Gasteiger charge is -2.28. The first-order chi connectivity index (χ1) is 21.5. The molecule has 4 aromatic carbocycles. The smallest absolute Gasteiger partial charge is 0.255 e. The molecule has 0 unspecified atom stereocenters. The van der Waals surface area contributed by atoms with Crippen LogP contribution in [0.25, 0.3) is 11.1 Å². The van der Waals surface area contributed by atoms with Gasteiger partial charge in [-0.15, -0.1) is 0 Å². The molecule has 2 amide bonds. The van der Waals surface area contributed by atoms with E-state index in [9.17, 15) is 9.59 Å². The molecule has 2 N–H and O–H groups in total. The first kappa shape index (κ1) is 29.6. The van der Waals surface area contributed by atoms with Gasteiger partial charge in [0.2, 0.25) is 0 Å². The lowest BCUT2D eigenvalue weighted by molar-refractivity contribution is 0.101. The summed E-state index contributed by atoms with van der Waals surface area (Å²) in [5.74, 6) is -0.312. The highest BCUT2D eigenvalue weighted by Crippen LogP contribution is 2.27. The zero-order chi connectivity index (χ0) is 30.3. The molecule has 2 saturated heterocycles. The molecule has 0 bridgehead atoms. The second-order valence-corrected chi connectivity index (χ2v) is 11.7. The van der Waals surface area contributed by atoms with Gasteiger partial charge in [-0.2, -0.15) is 0 Å². The summed E-state index contributed by atoms with van der Waals surface area (Å²) in [6.45, 7) is 8.52. The molecule has 2 heterocycles. The van der Waals surface area contributed by atoms with Crippen LogP contribution in [0.3, 0.4) is 0 Å². The van der Waals surface area contributed by atoms with Crippen molar-refractivity contribution >= 4 is 28.9 Å². The van der Waals surface area contributed by atoms with E-state index in [-0.39, 0.29) is 11.8 Å². The Morgan fingerprint density at radius 2 is 1.27 bits per heavy atom. The van der Waals surface area contributed by atoms with Gasteiger partial charge >= 0.3 is 0 Å². The van der Waals surface area contributed by atoms with Gasteiger partial charge in [0.25, 0.3) is 11.8 Å². The zero-order valence-corrected chi connectivity index (χ0v) is 25.4. The number of ether oxygens (including phenoxy) is 1. The van der Waals surface area contributed by atoms with Gasteiger partial charge in [-0.25, -0.2) is 0 Å². The van der Waals surface area contributed by atoms with Gasteiger partial charge < -0.3 is 20.3 Å². The van der Waals surface area contributed by atoms with Gasteiger partial charge in [-0.3, -0.25) is 14.5 Å². The maximum atomic E-state index is 13.1. The van der Waals surface area contributed by atoms with Crippen LogP contribution in [0.4, 0.5) is 17.1 Å². The summed E-state index contributed by atoms with van der Waals surface area (Å²) >= 11 is 0. The van der Waals surface area contributed by atoms with Crippen molar-refractivity contribution in [3.8, 4) is 11.1 Å². The van der Waals surface area contributed by atoms with Crippen LogP contribution in [0.1, 0.15) is 51.1 Å². The Hall–Kier alpha value is -4.46. The molecular weight excluding hydrogens is 548 g/mol. The van der Waals surface area contributed by atoms with Crippen LogP contribution in [0.15, 0.2) is 91.0 Å².